The van der Waals surface area contributed by atoms with E-state index in [9.17, 15) is 18.7 Å². The number of halogens is 2. The number of rotatable bonds is 5. The summed E-state index contributed by atoms with van der Waals surface area (Å²) in [4.78, 5) is 11.6. The molecule has 1 aliphatic rings. The normalized spacial score (nSPS) is 17.3. The molecule has 7 heteroatoms. The number of amides is 1. The molecule has 0 radical (unpaired) electrons. The topological polar surface area (TPSA) is 67.8 Å². The minimum atomic E-state index is -0.977. The summed E-state index contributed by atoms with van der Waals surface area (Å²) < 4.78 is 36.1. The third kappa shape index (κ3) is 4.64. The predicted molar refractivity (Wildman–Crippen MR) is 69.9 cm³/mol. The lowest BCUT2D eigenvalue weighted by Crippen LogP contribution is -2.47. The van der Waals surface area contributed by atoms with Crippen LogP contribution >= 0.6 is 0 Å². The molecular weight excluding hydrogens is 284 g/mol. The monoisotopic (exact) mass is 301 g/mol. The number of ether oxygens (including phenoxy) is 2. The zero-order valence-electron chi connectivity index (χ0n) is 11.4. The predicted octanol–water partition coefficient (Wildman–Crippen LogP) is 1.00. The molecule has 0 unspecified atom stereocenters. The number of carbonyl (C=O) groups excluding carboxylic acids is 1. The van der Waals surface area contributed by atoms with E-state index in [1.54, 1.807) is 0 Å². The van der Waals surface area contributed by atoms with Crippen molar-refractivity contribution in [2.24, 2.45) is 0 Å². The van der Waals surface area contributed by atoms with E-state index < -0.39 is 29.7 Å². The van der Waals surface area contributed by atoms with E-state index in [0.717, 1.165) is 12.1 Å². The van der Waals surface area contributed by atoms with Crippen LogP contribution in [0.1, 0.15) is 12.8 Å². The van der Waals surface area contributed by atoms with Gasteiger partial charge >= 0.3 is 0 Å². The molecular formula is C14H17F2NO4. The van der Waals surface area contributed by atoms with Gasteiger partial charge < -0.3 is 19.9 Å². The Kier molecular flexibility index (Phi) is 5.08. The average Bonchev–Trinajstić information content (AvgIpc) is 2.45. The van der Waals surface area contributed by atoms with E-state index in [2.05, 4.69) is 5.32 Å². The number of benzene rings is 1. The van der Waals surface area contributed by atoms with Gasteiger partial charge in [0, 0.05) is 38.7 Å². The second-order valence-electron chi connectivity index (χ2n) is 4.98. The molecule has 0 aliphatic carbocycles. The summed E-state index contributed by atoms with van der Waals surface area (Å²) >= 11 is 0. The number of nitrogens with one attached hydrogen (secondary N) is 1. The third-order valence-corrected chi connectivity index (χ3v) is 3.29. The lowest BCUT2D eigenvalue weighted by atomic mass is 9.94. The maximum Gasteiger partial charge on any atom is 0.258 e. The fourth-order valence-electron chi connectivity index (χ4n) is 1.98. The molecule has 116 valence electrons. The van der Waals surface area contributed by atoms with Gasteiger partial charge in [-0.05, 0) is 12.1 Å². The summed E-state index contributed by atoms with van der Waals surface area (Å²) in [5.41, 5.74) is -0.977. The van der Waals surface area contributed by atoms with Crippen molar-refractivity contribution in [1.82, 2.24) is 5.32 Å². The van der Waals surface area contributed by atoms with Crippen LogP contribution in [0.4, 0.5) is 8.78 Å². The molecule has 0 aromatic heterocycles. The highest BCUT2D eigenvalue weighted by Crippen LogP contribution is 2.19. The van der Waals surface area contributed by atoms with Gasteiger partial charge in [0.1, 0.15) is 5.82 Å². The second kappa shape index (κ2) is 6.82. The van der Waals surface area contributed by atoms with E-state index in [-0.39, 0.29) is 12.3 Å². The molecule has 0 spiro atoms. The number of carbonyl (C=O) groups is 1. The number of hydrogen-bond donors (Lipinski definition) is 2. The van der Waals surface area contributed by atoms with Crippen LogP contribution in [0.15, 0.2) is 18.2 Å². The quantitative estimate of drug-likeness (QED) is 0.851. The minimum Gasteiger partial charge on any atom is -0.481 e. The Morgan fingerprint density at radius 1 is 1.38 bits per heavy atom. The highest BCUT2D eigenvalue weighted by atomic mass is 19.1. The van der Waals surface area contributed by atoms with Crippen LogP contribution in [0.25, 0.3) is 0 Å². The van der Waals surface area contributed by atoms with Crippen molar-refractivity contribution in [2.75, 3.05) is 26.4 Å². The van der Waals surface area contributed by atoms with Crippen molar-refractivity contribution in [3.05, 3.63) is 29.8 Å². The van der Waals surface area contributed by atoms with Gasteiger partial charge in [-0.2, -0.15) is 0 Å². The summed E-state index contributed by atoms with van der Waals surface area (Å²) in [6.45, 7) is 0.576. The van der Waals surface area contributed by atoms with Crippen molar-refractivity contribution < 1.29 is 28.2 Å². The number of hydrogen-bond acceptors (Lipinski definition) is 4. The SMILES string of the molecule is O=C(COc1ccc(F)cc1F)NCC1(O)CCOCC1. The van der Waals surface area contributed by atoms with Gasteiger partial charge in [0.05, 0.1) is 5.60 Å². The highest BCUT2D eigenvalue weighted by molar-refractivity contribution is 5.77. The van der Waals surface area contributed by atoms with Gasteiger partial charge in [-0.1, -0.05) is 0 Å². The molecule has 1 saturated heterocycles. The highest BCUT2D eigenvalue weighted by Gasteiger charge is 2.30. The molecule has 2 N–H and O–H groups in total. The van der Waals surface area contributed by atoms with Gasteiger partial charge in [0.15, 0.2) is 18.2 Å². The van der Waals surface area contributed by atoms with Crippen LogP contribution < -0.4 is 10.1 Å². The summed E-state index contributed by atoms with van der Waals surface area (Å²) in [5.74, 6) is -2.27. The molecule has 1 heterocycles. The summed E-state index contributed by atoms with van der Waals surface area (Å²) in [6.07, 6.45) is 0.890. The van der Waals surface area contributed by atoms with Crippen molar-refractivity contribution >= 4 is 5.91 Å². The minimum absolute atomic E-state index is 0.0878. The Hall–Kier alpha value is -1.73. The molecule has 1 aliphatic heterocycles. The van der Waals surface area contributed by atoms with E-state index in [4.69, 9.17) is 9.47 Å². The summed E-state index contributed by atoms with van der Waals surface area (Å²) in [7, 11) is 0. The first-order chi connectivity index (χ1) is 9.98. The van der Waals surface area contributed by atoms with Crippen LogP contribution in [0.5, 0.6) is 5.75 Å². The molecule has 0 bridgehead atoms. The average molecular weight is 301 g/mol. The molecule has 1 aromatic carbocycles. The molecule has 2 rings (SSSR count). The lowest BCUT2D eigenvalue weighted by molar-refractivity contribution is -0.125. The van der Waals surface area contributed by atoms with Crippen LogP contribution in [0.3, 0.4) is 0 Å². The van der Waals surface area contributed by atoms with Crippen LogP contribution in [0.2, 0.25) is 0 Å². The van der Waals surface area contributed by atoms with Crippen molar-refractivity contribution in [2.45, 2.75) is 18.4 Å². The standard InChI is InChI=1S/C14H17F2NO4/c15-10-1-2-12(11(16)7-10)21-8-13(18)17-9-14(19)3-5-20-6-4-14/h1-2,7,19H,3-6,8-9H2,(H,17,18). The molecule has 1 amide bonds. The first kappa shape index (κ1) is 15.7. The van der Waals surface area contributed by atoms with Crippen molar-refractivity contribution in [1.29, 1.82) is 0 Å². The second-order valence-corrected chi connectivity index (χ2v) is 4.98. The van der Waals surface area contributed by atoms with Gasteiger partial charge in [-0.25, -0.2) is 8.78 Å². The van der Waals surface area contributed by atoms with E-state index in [0.29, 0.717) is 32.1 Å². The Bertz CT molecular complexity index is 504. The lowest BCUT2D eigenvalue weighted by Gasteiger charge is -2.32. The van der Waals surface area contributed by atoms with E-state index in [1.165, 1.54) is 0 Å². The largest absolute Gasteiger partial charge is 0.481 e. The Morgan fingerprint density at radius 2 is 2.10 bits per heavy atom. The van der Waals surface area contributed by atoms with E-state index >= 15 is 0 Å². The molecule has 1 aromatic rings. The number of aliphatic hydroxyl groups is 1. The molecule has 5 nitrogen and oxygen atoms in total. The molecule has 0 atom stereocenters. The van der Waals surface area contributed by atoms with E-state index in [1.807, 2.05) is 0 Å². The molecule has 21 heavy (non-hydrogen) atoms. The maximum absolute atomic E-state index is 13.3. The smallest absolute Gasteiger partial charge is 0.258 e. The third-order valence-electron chi connectivity index (χ3n) is 3.29. The Balaban J connectivity index is 1.77. The fourth-order valence-corrected chi connectivity index (χ4v) is 1.98. The maximum atomic E-state index is 13.3. The van der Waals surface area contributed by atoms with Crippen LogP contribution in [-0.4, -0.2) is 43.0 Å². The zero-order valence-corrected chi connectivity index (χ0v) is 11.4. The summed E-state index contributed by atoms with van der Waals surface area (Å²) in [6, 6.07) is 2.84. The van der Waals surface area contributed by atoms with Crippen molar-refractivity contribution in [3.8, 4) is 5.75 Å². The Morgan fingerprint density at radius 3 is 2.76 bits per heavy atom. The van der Waals surface area contributed by atoms with Gasteiger partial charge in [-0.15, -0.1) is 0 Å². The van der Waals surface area contributed by atoms with Gasteiger partial charge in [-0.3, -0.25) is 4.79 Å². The summed E-state index contributed by atoms with van der Waals surface area (Å²) in [5, 5.41) is 12.7. The molecule has 0 saturated carbocycles. The van der Waals surface area contributed by atoms with Crippen molar-refractivity contribution in [3.63, 3.8) is 0 Å². The first-order valence-electron chi connectivity index (χ1n) is 6.63. The van der Waals surface area contributed by atoms with Crippen LogP contribution in [0, 0.1) is 11.6 Å². The Labute approximate surface area is 120 Å². The fraction of sp³-hybridized carbons (Fsp3) is 0.500. The zero-order chi connectivity index (χ0) is 15.3. The van der Waals surface area contributed by atoms with Gasteiger partial charge in [0.2, 0.25) is 0 Å². The molecule has 1 fully saturated rings. The van der Waals surface area contributed by atoms with Gasteiger partial charge in [0.25, 0.3) is 5.91 Å². The van der Waals surface area contributed by atoms with Crippen LogP contribution in [-0.2, 0) is 9.53 Å². The first-order valence-corrected chi connectivity index (χ1v) is 6.63.